The Kier molecular flexibility index (Phi) is 3.50. The zero-order valence-electron chi connectivity index (χ0n) is 12.3. The Hall–Kier alpha value is -2.89. The van der Waals surface area contributed by atoms with Crippen LogP contribution < -0.4 is 0 Å². The smallest absolute Gasteiger partial charge is 0.335 e. The molecule has 0 bridgehead atoms. The Labute approximate surface area is 127 Å². The second kappa shape index (κ2) is 5.48. The summed E-state index contributed by atoms with van der Waals surface area (Å²) in [4.78, 5) is 15.3. The van der Waals surface area contributed by atoms with Gasteiger partial charge in [0.2, 0.25) is 5.89 Å². The summed E-state index contributed by atoms with van der Waals surface area (Å²) in [6.07, 6.45) is 1.89. The highest BCUT2D eigenvalue weighted by atomic mass is 16.4. The monoisotopic (exact) mass is 297 g/mol. The molecule has 0 aliphatic carbocycles. The second-order valence-corrected chi connectivity index (χ2v) is 5.06. The molecule has 1 aromatic carbocycles. The fourth-order valence-corrected chi connectivity index (χ4v) is 2.16. The van der Waals surface area contributed by atoms with Crippen LogP contribution in [-0.4, -0.2) is 25.8 Å². The molecule has 0 aliphatic rings. The molecule has 112 valence electrons. The van der Waals surface area contributed by atoms with Gasteiger partial charge in [0.1, 0.15) is 11.5 Å². The molecule has 0 aliphatic heterocycles. The lowest BCUT2D eigenvalue weighted by molar-refractivity contribution is 0.0697. The van der Waals surface area contributed by atoms with Crippen LogP contribution in [0.15, 0.2) is 40.9 Å². The lowest BCUT2D eigenvalue weighted by Gasteiger charge is -1.97. The van der Waals surface area contributed by atoms with Crippen LogP contribution in [0, 0.1) is 13.8 Å². The third-order valence-corrected chi connectivity index (χ3v) is 3.36. The van der Waals surface area contributed by atoms with Crippen molar-refractivity contribution in [3.8, 4) is 11.5 Å². The number of carboxylic acids is 1. The van der Waals surface area contributed by atoms with E-state index in [9.17, 15) is 4.79 Å². The number of carboxylic acid groups (broad SMARTS) is 1. The number of nitrogens with zero attached hydrogens (tertiary/aromatic N) is 3. The molecule has 0 atom stereocenters. The van der Waals surface area contributed by atoms with Crippen molar-refractivity contribution in [2.24, 2.45) is 0 Å². The summed E-state index contributed by atoms with van der Waals surface area (Å²) < 4.78 is 7.48. The lowest BCUT2D eigenvalue weighted by Crippen LogP contribution is -2.02. The van der Waals surface area contributed by atoms with E-state index in [2.05, 4.69) is 10.1 Å². The van der Waals surface area contributed by atoms with E-state index in [1.165, 1.54) is 12.1 Å². The first-order valence-corrected chi connectivity index (χ1v) is 6.83. The van der Waals surface area contributed by atoms with Crippen LogP contribution in [0.4, 0.5) is 0 Å². The molecule has 0 amide bonds. The fraction of sp³-hybridized carbons (Fsp3) is 0.188. The van der Waals surface area contributed by atoms with Crippen LogP contribution in [0.1, 0.15) is 27.5 Å². The summed E-state index contributed by atoms with van der Waals surface area (Å²) in [5.41, 5.74) is 2.74. The first-order valence-electron chi connectivity index (χ1n) is 6.83. The number of aryl methyl sites for hydroxylation is 2. The van der Waals surface area contributed by atoms with Crippen molar-refractivity contribution in [1.82, 2.24) is 14.8 Å². The van der Waals surface area contributed by atoms with Crippen molar-refractivity contribution in [3.63, 3.8) is 0 Å². The van der Waals surface area contributed by atoms with Gasteiger partial charge in [-0.25, -0.2) is 9.78 Å². The van der Waals surface area contributed by atoms with Gasteiger partial charge in [0.05, 0.1) is 17.8 Å². The first kappa shape index (κ1) is 14.1. The van der Waals surface area contributed by atoms with Gasteiger partial charge in [-0.05, 0) is 44.2 Å². The van der Waals surface area contributed by atoms with Gasteiger partial charge in [-0.3, -0.25) is 4.68 Å². The SMILES string of the molecule is Cc1ccn(Cc2nc(-c3ccc(C(=O)O)cc3)oc2C)n1. The maximum atomic E-state index is 10.9. The molecule has 3 rings (SSSR count). The number of aromatic nitrogens is 3. The summed E-state index contributed by atoms with van der Waals surface area (Å²) in [5, 5.41) is 13.2. The molecule has 6 nitrogen and oxygen atoms in total. The van der Waals surface area contributed by atoms with Gasteiger partial charge < -0.3 is 9.52 Å². The van der Waals surface area contributed by atoms with Gasteiger partial charge in [0.15, 0.2) is 0 Å². The molecule has 3 aromatic rings. The van der Waals surface area contributed by atoms with Crippen molar-refractivity contribution in [3.05, 3.63) is 59.2 Å². The van der Waals surface area contributed by atoms with Gasteiger partial charge in [0.25, 0.3) is 0 Å². The quantitative estimate of drug-likeness (QED) is 0.800. The van der Waals surface area contributed by atoms with Crippen LogP contribution >= 0.6 is 0 Å². The number of hydrogen-bond donors (Lipinski definition) is 1. The number of aromatic carboxylic acids is 1. The van der Waals surface area contributed by atoms with Gasteiger partial charge in [-0.1, -0.05) is 0 Å². The zero-order chi connectivity index (χ0) is 15.7. The molecular formula is C16H15N3O3. The van der Waals surface area contributed by atoms with E-state index in [0.717, 1.165) is 22.7 Å². The third kappa shape index (κ3) is 2.76. The highest BCUT2D eigenvalue weighted by molar-refractivity contribution is 5.88. The lowest BCUT2D eigenvalue weighted by atomic mass is 10.1. The molecule has 22 heavy (non-hydrogen) atoms. The minimum atomic E-state index is -0.954. The number of rotatable bonds is 4. The molecule has 0 unspecified atom stereocenters. The Morgan fingerprint density at radius 3 is 2.55 bits per heavy atom. The van der Waals surface area contributed by atoms with E-state index in [1.54, 1.807) is 16.8 Å². The Bertz CT molecular complexity index is 816. The normalized spacial score (nSPS) is 10.8. The van der Waals surface area contributed by atoms with Gasteiger partial charge in [0, 0.05) is 11.8 Å². The van der Waals surface area contributed by atoms with Crippen molar-refractivity contribution >= 4 is 5.97 Å². The molecule has 0 fully saturated rings. The Morgan fingerprint density at radius 1 is 1.23 bits per heavy atom. The average Bonchev–Trinajstić information content (AvgIpc) is 3.06. The number of oxazole rings is 1. The third-order valence-electron chi connectivity index (χ3n) is 3.36. The van der Waals surface area contributed by atoms with E-state index >= 15 is 0 Å². The largest absolute Gasteiger partial charge is 0.478 e. The Morgan fingerprint density at radius 2 is 1.95 bits per heavy atom. The topological polar surface area (TPSA) is 81.2 Å². The molecule has 2 aromatic heterocycles. The number of hydrogen-bond acceptors (Lipinski definition) is 4. The Balaban J connectivity index is 1.86. The molecule has 6 heteroatoms. The van der Waals surface area contributed by atoms with Crippen LogP contribution in [0.3, 0.4) is 0 Å². The molecule has 0 saturated carbocycles. The molecule has 2 heterocycles. The average molecular weight is 297 g/mol. The molecule has 0 spiro atoms. The summed E-state index contributed by atoms with van der Waals surface area (Å²) in [5.74, 6) is 0.253. The molecular weight excluding hydrogens is 282 g/mol. The van der Waals surface area contributed by atoms with Crippen molar-refractivity contribution < 1.29 is 14.3 Å². The minimum Gasteiger partial charge on any atom is -0.478 e. The molecule has 1 N–H and O–H groups in total. The fourth-order valence-electron chi connectivity index (χ4n) is 2.16. The maximum absolute atomic E-state index is 10.9. The maximum Gasteiger partial charge on any atom is 0.335 e. The highest BCUT2D eigenvalue weighted by Gasteiger charge is 2.13. The molecule has 0 saturated heterocycles. The molecule has 0 radical (unpaired) electrons. The van der Waals surface area contributed by atoms with Crippen LogP contribution in [0.5, 0.6) is 0 Å². The minimum absolute atomic E-state index is 0.235. The number of benzene rings is 1. The van der Waals surface area contributed by atoms with Crippen LogP contribution in [-0.2, 0) is 6.54 Å². The van der Waals surface area contributed by atoms with E-state index in [-0.39, 0.29) is 5.56 Å². The van der Waals surface area contributed by atoms with E-state index in [4.69, 9.17) is 9.52 Å². The highest BCUT2D eigenvalue weighted by Crippen LogP contribution is 2.22. The summed E-state index contributed by atoms with van der Waals surface area (Å²) >= 11 is 0. The number of carbonyl (C=O) groups is 1. The predicted octanol–water partition coefficient (Wildman–Crippen LogP) is 2.90. The van der Waals surface area contributed by atoms with E-state index in [0.29, 0.717) is 12.4 Å². The van der Waals surface area contributed by atoms with Crippen molar-refractivity contribution in [2.45, 2.75) is 20.4 Å². The van der Waals surface area contributed by atoms with Crippen molar-refractivity contribution in [1.29, 1.82) is 0 Å². The predicted molar refractivity (Wildman–Crippen MR) is 79.7 cm³/mol. The first-order chi connectivity index (χ1) is 10.5. The van der Waals surface area contributed by atoms with E-state index in [1.807, 2.05) is 26.1 Å². The summed E-state index contributed by atoms with van der Waals surface area (Å²) in [6.45, 7) is 4.33. The summed E-state index contributed by atoms with van der Waals surface area (Å²) in [6, 6.07) is 8.38. The van der Waals surface area contributed by atoms with Crippen LogP contribution in [0.25, 0.3) is 11.5 Å². The second-order valence-electron chi connectivity index (χ2n) is 5.06. The van der Waals surface area contributed by atoms with E-state index < -0.39 is 5.97 Å². The zero-order valence-corrected chi connectivity index (χ0v) is 12.3. The van der Waals surface area contributed by atoms with Gasteiger partial charge >= 0.3 is 5.97 Å². The van der Waals surface area contributed by atoms with Gasteiger partial charge in [-0.2, -0.15) is 5.10 Å². The summed E-state index contributed by atoms with van der Waals surface area (Å²) in [7, 11) is 0. The van der Waals surface area contributed by atoms with Crippen molar-refractivity contribution in [2.75, 3.05) is 0 Å². The van der Waals surface area contributed by atoms with Crippen LogP contribution in [0.2, 0.25) is 0 Å². The standard InChI is InChI=1S/C16H15N3O3/c1-10-7-8-19(18-10)9-14-11(2)22-15(17-14)12-3-5-13(6-4-12)16(20)21/h3-8H,9H2,1-2H3,(H,20,21). The van der Waals surface area contributed by atoms with Gasteiger partial charge in [-0.15, -0.1) is 0 Å².